The SMILES string of the molecule is CC[N+](CC)(CC)CC.O=S(=O)(OF)C(F)(F)CCCCCCC(F)(F)F. The third-order valence-corrected chi connectivity index (χ3v) is 5.91. The van der Waals surface area contributed by atoms with E-state index in [0.717, 1.165) is 0 Å². The molecule has 0 N–H and O–H groups in total. The number of halogens is 6. The average molecular weight is 432 g/mol. The number of alkyl halides is 5. The second-order valence-electron chi connectivity index (χ2n) is 6.29. The first kappa shape index (κ1) is 28.7. The van der Waals surface area contributed by atoms with Crippen molar-refractivity contribution in [3.63, 3.8) is 0 Å². The first-order valence-corrected chi connectivity index (χ1v) is 10.5. The zero-order valence-corrected chi connectivity index (χ0v) is 17.2. The highest BCUT2D eigenvalue weighted by molar-refractivity contribution is 7.87. The molecule has 11 heteroatoms. The van der Waals surface area contributed by atoms with Crippen molar-refractivity contribution in [3.05, 3.63) is 0 Å². The summed E-state index contributed by atoms with van der Waals surface area (Å²) in [6, 6.07) is 0. The molecule has 4 nitrogen and oxygen atoms in total. The van der Waals surface area contributed by atoms with Gasteiger partial charge in [-0.2, -0.15) is 30.4 Å². The lowest BCUT2D eigenvalue weighted by Crippen LogP contribution is -2.47. The number of quaternary nitrogens is 1. The van der Waals surface area contributed by atoms with Crippen LogP contribution in [0.2, 0.25) is 0 Å². The van der Waals surface area contributed by atoms with Crippen LogP contribution in [-0.2, 0) is 14.5 Å². The number of hydrogen-bond acceptors (Lipinski definition) is 3. The molecule has 0 bridgehead atoms. The van der Waals surface area contributed by atoms with Gasteiger partial charge in [0, 0.05) is 12.8 Å². The number of nitrogens with zero attached hydrogens (tertiary/aromatic N) is 1. The van der Waals surface area contributed by atoms with E-state index >= 15 is 0 Å². The van der Waals surface area contributed by atoms with E-state index in [1.807, 2.05) is 0 Å². The summed E-state index contributed by atoms with van der Waals surface area (Å²) in [6.07, 6.45) is -7.04. The van der Waals surface area contributed by atoms with E-state index in [1.54, 1.807) is 0 Å². The fourth-order valence-electron chi connectivity index (χ4n) is 2.52. The minimum absolute atomic E-state index is 0.00647. The van der Waals surface area contributed by atoms with Gasteiger partial charge in [0.2, 0.25) is 0 Å². The highest BCUT2D eigenvalue weighted by atomic mass is 32.2. The van der Waals surface area contributed by atoms with E-state index in [1.165, 1.54) is 30.7 Å². The standard InChI is InChI=1S/C8H12F6O3S.C8H20N/c9-7(10,11)5-3-1-2-4-6-8(12,13)18(15,16)17-14;1-5-9(6-2,7-3)8-4/h1-6H2;5-8H2,1-4H3/q;+1. The van der Waals surface area contributed by atoms with Gasteiger partial charge in [0.25, 0.3) is 0 Å². The van der Waals surface area contributed by atoms with Crippen LogP contribution in [0.1, 0.15) is 66.2 Å². The van der Waals surface area contributed by atoms with Gasteiger partial charge in [0.05, 0.1) is 26.2 Å². The topological polar surface area (TPSA) is 43.4 Å². The quantitative estimate of drug-likeness (QED) is 0.229. The molecule has 0 atom stereocenters. The Hall–Kier alpha value is -0.550. The van der Waals surface area contributed by atoms with Crippen molar-refractivity contribution in [1.82, 2.24) is 0 Å². The van der Waals surface area contributed by atoms with Crippen LogP contribution in [0.3, 0.4) is 0 Å². The van der Waals surface area contributed by atoms with Crippen molar-refractivity contribution in [2.24, 2.45) is 0 Å². The molecule has 0 unspecified atom stereocenters. The van der Waals surface area contributed by atoms with Crippen molar-refractivity contribution in [1.29, 1.82) is 0 Å². The molecule has 0 aliphatic carbocycles. The van der Waals surface area contributed by atoms with Crippen LogP contribution in [-0.4, -0.2) is 50.5 Å². The monoisotopic (exact) mass is 432 g/mol. The molecule has 166 valence electrons. The van der Waals surface area contributed by atoms with Crippen LogP contribution in [0.5, 0.6) is 0 Å². The maximum atomic E-state index is 12.8. The molecule has 0 aromatic heterocycles. The third-order valence-electron chi connectivity index (χ3n) is 4.81. The van der Waals surface area contributed by atoms with Gasteiger partial charge in [0.15, 0.2) is 0 Å². The van der Waals surface area contributed by atoms with Gasteiger partial charge in [-0.25, -0.2) is 0 Å². The van der Waals surface area contributed by atoms with Gasteiger partial charge < -0.3 is 4.48 Å². The summed E-state index contributed by atoms with van der Waals surface area (Å²) in [4.78, 5) is 0. The Labute approximate surface area is 158 Å². The molecule has 0 aliphatic heterocycles. The molecule has 0 aromatic carbocycles. The van der Waals surface area contributed by atoms with Crippen molar-refractivity contribution < 1.29 is 43.8 Å². The van der Waals surface area contributed by atoms with Gasteiger partial charge in [0.1, 0.15) is 0 Å². The van der Waals surface area contributed by atoms with E-state index in [4.69, 9.17) is 0 Å². The molecule has 27 heavy (non-hydrogen) atoms. The molecule has 0 spiro atoms. The van der Waals surface area contributed by atoms with Crippen LogP contribution in [0.4, 0.5) is 26.5 Å². The average Bonchev–Trinajstić information content (AvgIpc) is 2.60. The lowest BCUT2D eigenvalue weighted by atomic mass is 10.1. The van der Waals surface area contributed by atoms with Crippen LogP contribution in [0, 0.1) is 0 Å². The highest BCUT2D eigenvalue weighted by Gasteiger charge is 2.46. The van der Waals surface area contributed by atoms with Gasteiger partial charge in [-0.3, -0.25) is 0 Å². The Balaban J connectivity index is 0. The minimum Gasteiger partial charge on any atom is -0.325 e. The summed E-state index contributed by atoms with van der Waals surface area (Å²) in [5.74, 6) is 0. The number of unbranched alkanes of at least 4 members (excludes halogenated alkanes) is 3. The smallest absolute Gasteiger partial charge is 0.325 e. The molecule has 0 amide bonds. The summed E-state index contributed by atoms with van der Waals surface area (Å²) in [7, 11) is -5.59. The lowest BCUT2D eigenvalue weighted by molar-refractivity contribution is -0.921. The van der Waals surface area contributed by atoms with Crippen LogP contribution >= 0.6 is 0 Å². The summed E-state index contributed by atoms with van der Waals surface area (Å²) >= 11 is 0. The third kappa shape index (κ3) is 11.8. The lowest BCUT2D eigenvalue weighted by Gasteiger charge is -2.34. The van der Waals surface area contributed by atoms with Gasteiger partial charge in [-0.1, -0.05) is 17.2 Å². The maximum Gasteiger partial charge on any atom is 0.389 e. The molecule has 0 fully saturated rings. The van der Waals surface area contributed by atoms with E-state index in [9.17, 15) is 34.9 Å². The summed E-state index contributed by atoms with van der Waals surface area (Å²) in [5.41, 5.74) is 0. The molecular formula is C16H32F6NO3S+. The molecule has 0 saturated carbocycles. The van der Waals surface area contributed by atoms with E-state index in [-0.39, 0.29) is 25.7 Å². The van der Waals surface area contributed by atoms with E-state index in [2.05, 4.69) is 32.1 Å². The first-order chi connectivity index (χ1) is 12.3. The van der Waals surface area contributed by atoms with Gasteiger partial charge in [-0.05, 0) is 45.1 Å². The van der Waals surface area contributed by atoms with Crippen LogP contribution in [0.15, 0.2) is 0 Å². The molecule has 0 aliphatic rings. The first-order valence-electron chi connectivity index (χ1n) is 9.10. The molecule has 0 rings (SSSR count). The predicted molar refractivity (Wildman–Crippen MR) is 92.2 cm³/mol. The van der Waals surface area contributed by atoms with E-state index in [0.29, 0.717) is 0 Å². The number of hydrogen-bond donors (Lipinski definition) is 0. The summed E-state index contributed by atoms with van der Waals surface area (Å²) < 4.78 is 96.2. The largest absolute Gasteiger partial charge is 0.389 e. The fraction of sp³-hybridized carbons (Fsp3) is 1.00. The second-order valence-corrected chi connectivity index (χ2v) is 7.92. The number of rotatable bonds is 12. The van der Waals surface area contributed by atoms with Gasteiger partial charge in [-0.15, -0.1) is 0 Å². The van der Waals surface area contributed by atoms with Crippen molar-refractivity contribution >= 4 is 10.1 Å². The zero-order valence-electron chi connectivity index (χ0n) is 16.4. The molecule has 0 heterocycles. The van der Waals surface area contributed by atoms with Crippen molar-refractivity contribution in [2.45, 2.75) is 77.7 Å². The summed E-state index contributed by atoms with van der Waals surface area (Å²) in [5, 5.41) is -4.37. The second kappa shape index (κ2) is 12.8. The van der Waals surface area contributed by atoms with Crippen molar-refractivity contribution in [3.8, 4) is 0 Å². The van der Waals surface area contributed by atoms with Crippen LogP contribution < -0.4 is 0 Å². The van der Waals surface area contributed by atoms with E-state index < -0.39 is 34.4 Å². The van der Waals surface area contributed by atoms with Gasteiger partial charge >= 0.3 is 21.5 Å². The molecular weight excluding hydrogens is 400 g/mol. The highest BCUT2D eigenvalue weighted by Crippen LogP contribution is 2.30. The Bertz CT molecular complexity index is 462. The van der Waals surface area contributed by atoms with Crippen molar-refractivity contribution in [2.75, 3.05) is 26.2 Å². The Morgan fingerprint density at radius 1 is 0.741 bits per heavy atom. The molecule has 0 saturated heterocycles. The predicted octanol–water partition coefficient (Wildman–Crippen LogP) is 5.60. The molecule has 0 radical (unpaired) electrons. The normalized spacial score (nSPS) is 13.3. The fourth-order valence-corrected chi connectivity index (χ4v) is 3.01. The minimum atomic E-state index is -5.59. The Kier molecular flexibility index (Phi) is 13.6. The molecule has 0 aromatic rings. The Morgan fingerprint density at radius 2 is 1.11 bits per heavy atom. The van der Waals surface area contributed by atoms with Crippen LogP contribution in [0.25, 0.3) is 0 Å². The maximum absolute atomic E-state index is 12.8. The zero-order chi connectivity index (χ0) is 21.8. The summed E-state index contributed by atoms with van der Waals surface area (Å²) in [6.45, 7) is 14.2. The Morgan fingerprint density at radius 3 is 1.37 bits per heavy atom.